The lowest BCUT2D eigenvalue weighted by Crippen LogP contribution is -2.48. The monoisotopic (exact) mass is 437 g/mol. The highest BCUT2D eigenvalue weighted by atomic mass is 32.2. The Morgan fingerprint density at radius 3 is 2.68 bits per heavy atom. The van der Waals surface area contributed by atoms with Crippen molar-refractivity contribution in [2.24, 2.45) is 4.99 Å². The smallest absolute Gasteiger partial charge is 0.264 e. The first-order chi connectivity index (χ1) is 14.7. The Bertz CT molecular complexity index is 1090. The van der Waals surface area contributed by atoms with Crippen molar-refractivity contribution < 1.29 is 9.18 Å². The van der Waals surface area contributed by atoms with Crippen molar-refractivity contribution in [2.45, 2.75) is 52.5 Å². The zero-order chi connectivity index (χ0) is 22.3. The molecule has 0 radical (unpaired) electrons. The Balaban J connectivity index is 1.66. The van der Waals surface area contributed by atoms with Gasteiger partial charge in [-0.05, 0) is 111 Å². The van der Waals surface area contributed by atoms with Crippen LogP contribution in [-0.2, 0) is 4.79 Å². The second-order valence-electron chi connectivity index (χ2n) is 8.89. The number of amidine groups is 1. The van der Waals surface area contributed by atoms with Gasteiger partial charge in [0.1, 0.15) is 5.82 Å². The number of rotatable bonds is 3. The van der Waals surface area contributed by atoms with Crippen molar-refractivity contribution >= 4 is 40.3 Å². The molecule has 1 fully saturated rings. The number of nitrogens with one attached hydrogen (secondary N) is 1. The predicted octanol–water partition coefficient (Wildman–Crippen LogP) is 6.14. The maximum atomic E-state index is 13.1. The van der Waals surface area contributed by atoms with E-state index in [1.807, 2.05) is 6.08 Å². The number of halogens is 1. The van der Waals surface area contributed by atoms with Crippen molar-refractivity contribution in [2.75, 3.05) is 11.4 Å². The van der Waals surface area contributed by atoms with Gasteiger partial charge in [-0.1, -0.05) is 6.92 Å². The van der Waals surface area contributed by atoms with Gasteiger partial charge in [0, 0.05) is 17.8 Å². The molecule has 2 aromatic rings. The van der Waals surface area contributed by atoms with Crippen LogP contribution in [0, 0.1) is 12.7 Å². The van der Waals surface area contributed by atoms with Gasteiger partial charge >= 0.3 is 0 Å². The molecular weight excluding hydrogens is 409 g/mol. The number of aliphatic imine (C=N–C) groups is 1. The van der Waals surface area contributed by atoms with Gasteiger partial charge < -0.3 is 10.2 Å². The molecule has 1 atom stereocenters. The van der Waals surface area contributed by atoms with Gasteiger partial charge in [-0.15, -0.1) is 0 Å². The lowest BCUT2D eigenvalue weighted by molar-refractivity contribution is -0.115. The van der Waals surface area contributed by atoms with E-state index >= 15 is 0 Å². The van der Waals surface area contributed by atoms with Gasteiger partial charge in [-0.25, -0.2) is 9.38 Å². The topological polar surface area (TPSA) is 44.7 Å². The summed E-state index contributed by atoms with van der Waals surface area (Å²) in [7, 11) is 0. The zero-order valence-corrected chi connectivity index (χ0v) is 19.4. The van der Waals surface area contributed by atoms with Crippen LogP contribution in [0.2, 0.25) is 0 Å². The quantitative estimate of drug-likeness (QED) is 0.587. The second-order valence-corrected chi connectivity index (χ2v) is 9.92. The number of amides is 1. The van der Waals surface area contributed by atoms with Crippen molar-refractivity contribution in [1.82, 2.24) is 5.32 Å². The van der Waals surface area contributed by atoms with Gasteiger partial charge in [0.05, 0.1) is 10.6 Å². The molecule has 1 N–H and O–H groups in total. The third kappa shape index (κ3) is 4.26. The van der Waals surface area contributed by atoms with E-state index in [9.17, 15) is 9.18 Å². The molecule has 162 valence electrons. The highest BCUT2D eigenvalue weighted by molar-refractivity contribution is 8.18. The first kappa shape index (κ1) is 21.6. The molecule has 4 rings (SSSR count). The fraction of sp³-hybridized carbons (Fsp3) is 0.360. The van der Waals surface area contributed by atoms with Crippen LogP contribution in [-0.4, -0.2) is 23.2 Å². The second kappa shape index (κ2) is 8.15. The lowest BCUT2D eigenvalue weighted by atomic mass is 9.79. The van der Waals surface area contributed by atoms with Gasteiger partial charge in [0.15, 0.2) is 5.17 Å². The van der Waals surface area contributed by atoms with Crippen molar-refractivity contribution in [1.29, 1.82) is 0 Å². The molecule has 2 aliphatic heterocycles. The summed E-state index contributed by atoms with van der Waals surface area (Å²) in [5.41, 5.74) is 5.57. The number of aryl methyl sites for hydroxylation is 1. The molecule has 6 heteroatoms. The van der Waals surface area contributed by atoms with Crippen LogP contribution >= 0.6 is 11.8 Å². The SMILES string of the molecule is CCN1c2cc(C)c(/C=C3\SC(=Nc4ccc(F)cc4)NC3=O)cc2[C@H](C)CC1(C)C. The van der Waals surface area contributed by atoms with E-state index in [1.54, 1.807) is 12.1 Å². The van der Waals surface area contributed by atoms with E-state index in [0.29, 0.717) is 21.7 Å². The summed E-state index contributed by atoms with van der Waals surface area (Å²) in [5.74, 6) is -0.0201. The van der Waals surface area contributed by atoms with Gasteiger partial charge in [0.2, 0.25) is 0 Å². The van der Waals surface area contributed by atoms with E-state index in [0.717, 1.165) is 24.1 Å². The van der Waals surface area contributed by atoms with Crippen molar-refractivity contribution in [3.8, 4) is 0 Å². The maximum Gasteiger partial charge on any atom is 0.264 e. The van der Waals surface area contributed by atoms with Crippen LogP contribution in [0.25, 0.3) is 6.08 Å². The molecule has 31 heavy (non-hydrogen) atoms. The Morgan fingerprint density at radius 1 is 1.29 bits per heavy atom. The number of hydrogen-bond donors (Lipinski definition) is 1. The number of carbonyl (C=O) groups is 1. The summed E-state index contributed by atoms with van der Waals surface area (Å²) in [5, 5.41) is 3.31. The summed E-state index contributed by atoms with van der Waals surface area (Å²) < 4.78 is 13.1. The molecule has 0 spiro atoms. The van der Waals surface area contributed by atoms with E-state index in [4.69, 9.17) is 0 Å². The van der Waals surface area contributed by atoms with Crippen LogP contribution in [0.15, 0.2) is 46.3 Å². The minimum Gasteiger partial charge on any atom is -0.366 e. The summed E-state index contributed by atoms with van der Waals surface area (Å²) in [6.45, 7) is 12.2. The number of nitrogens with zero attached hydrogens (tertiary/aromatic N) is 2. The third-order valence-corrected chi connectivity index (χ3v) is 6.99. The molecule has 2 aromatic carbocycles. The minimum absolute atomic E-state index is 0.125. The van der Waals surface area contributed by atoms with Gasteiger partial charge in [-0.3, -0.25) is 4.79 Å². The summed E-state index contributed by atoms with van der Waals surface area (Å²) in [6, 6.07) is 10.4. The van der Waals surface area contributed by atoms with E-state index in [2.05, 4.69) is 62.0 Å². The average molecular weight is 438 g/mol. The number of fused-ring (bicyclic) bond motifs is 1. The summed E-state index contributed by atoms with van der Waals surface area (Å²) in [4.78, 5) is 20.0. The molecule has 0 unspecified atom stereocenters. The summed E-state index contributed by atoms with van der Waals surface area (Å²) in [6.07, 6.45) is 3.04. The Kier molecular flexibility index (Phi) is 5.69. The molecule has 1 amide bonds. The Labute approximate surface area is 187 Å². The summed E-state index contributed by atoms with van der Waals surface area (Å²) >= 11 is 1.31. The van der Waals surface area contributed by atoms with Gasteiger partial charge in [0.25, 0.3) is 5.91 Å². The molecular formula is C25H28FN3OS. The molecule has 4 nitrogen and oxygen atoms in total. The van der Waals surface area contributed by atoms with Crippen LogP contribution in [0.1, 0.15) is 56.7 Å². The van der Waals surface area contributed by atoms with Crippen LogP contribution < -0.4 is 10.2 Å². The average Bonchev–Trinajstić information content (AvgIpc) is 3.03. The fourth-order valence-corrected chi connectivity index (χ4v) is 5.49. The standard InChI is InChI=1S/C25H28FN3OS/c1-6-29-21-11-15(2)17(12-20(21)16(3)14-25(29,4)5)13-22-23(30)28-24(31-22)27-19-9-7-18(26)8-10-19/h7-13,16H,6,14H2,1-5H3,(H,27,28,30)/b22-13-/t16-/m1/s1. The molecule has 0 aromatic heterocycles. The van der Waals surface area contributed by atoms with E-state index < -0.39 is 0 Å². The maximum absolute atomic E-state index is 13.1. The number of benzene rings is 2. The van der Waals surface area contributed by atoms with Crippen LogP contribution in [0.5, 0.6) is 0 Å². The van der Waals surface area contributed by atoms with Crippen molar-refractivity contribution in [3.05, 3.63) is 63.8 Å². The minimum atomic E-state index is -0.310. The van der Waals surface area contributed by atoms with Crippen molar-refractivity contribution in [3.63, 3.8) is 0 Å². The first-order valence-electron chi connectivity index (χ1n) is 10.7. The highest BCUT2D eigenvalue weighted by Crippen LogP contribution is 2.44. The lowest BCUT2D eigenvalue weighted by Gasteiger charge is -2.47. The molecule has 0 aliphatic carbocycles. The molecule has 0 saturated carbocycles. The number of hydrogen-bond acceptors (Lipinski definition) is 4. The zero-order valence-electron chi connectivity index (χ0n) is 18.6. The normalized spacial score (nSPS) is 22.7. The third-order valence-electron chi connectivity index (χ3n) is 6.08. The van der Waals surface area contributed by atoms with Gasteiger partial charge in [-0.2, -0.15) is 0 Å². The number of thioether (sulfide) groups is 1. The molecule has 1 saturated heterocycles. The number of anilines is 1. The Hall–Kier alpha value is -2.60. The fourth-order valence-electron chi connectivity index (χ4n) is 4.66. The highest BCUT2D eigenvalue weighted by Gasteiger charge is 2.35. The molecule has 2 aliphatic rings. The predicted molar refractivity (Wildman–Crippen MR) is 129 cm³/mol. The van der Waals surface area contributed by atoms with Crippen LogP contribution in [0.3, 0.4) is 0 Å². The molecule has 2 heterocycles. The van der Waals surface area contributed by atoms with E-state index in [-0.39, 0.29) is 17.3 Å². The van der Waals surface area contributed by atoms with Crippen LogP contribution in [0.4, 0.5) is 15.8 Å². The van der Waals surface area contributed by atoms with E-state index in [1.165, 1.54) is 35.1 Å². The Morgan fingerprint density at radius 2 is 2.00 bits per heavy atom. The largest absolute Gasteiger partial charge is 0.366 e. The number of carbonyl (C=O) groups excluding carboxylic acids is 1. The molecule has 0 bridgehead atoms. The first-order valence-corrected chi connectivity index (χ1v) is 11.5.